The van der Waals surface area contributed by atoms with E-state index in [4.69, 9.17) is 4.42 Å². The fourth-order valence-electron chi connectivity index (χ4n) is 4.29. The van der Waals surface area contributed by atoms with Gasteiger partial charge in [-0.2, -0.15) is 5.10 Å². The van der Waals surface area contributed by atoms with E-state index in [0.717, 1.165) is 23.2 Å². The minimum absolute atomic E-state index is 0.135. The Bertz CT molecular complexity index is 1340. The van der Waals surface area contributed by atoms with Crippen LogP contribution < -0.4 is 10.3 Å². The predicted octanol–water partition coefficient (Wildman–Crippen LogP) is 4.94. The number of furan rings is 1. The molecule has 1 aliphatic rings. The van der Waals surface area contributed by atoms with Crippen molar-refractivity contribution in [3.05, 3.63) is 92.4 Å². The third-order valence-electron chi connectivity index (χ3n) is 6.01. The van der Waals surface area contributed by atoms with Gasteiger partial charge in [-0.05, 0) is 57.4 Å². The number of fused-ring (bicyclic) bond motifs is 1. The zero-order valence-electron chi connectivity index (χ0n) is 19.8. The lowest BCUT2D eigenvalue weighted by Gasteiger charge is -2.20. The SMILES string of the molecule is CCN(C(=O)c1oc2c(c1C)/C(=N/NC(=O)c1cccc([N+](=O)[O-])c1)CCC2)c1cccc(C)c1. The number of anilines is 1. The lowest BCUT2D eigenvalue weighted by atomic mass is 9.93. The minimum Gasteiger partial charge on any atom is -0.455 e. The number of benzene rings is 2. The van der Waals surface area contributed by atoms with E-state index in [1.165, 1.54) is 24.3 Å². The Hall–Kier alpha value is -4.27. The molecule has 9 heteroatoms. The fraction of sp³-hybridized carbons (Fsp3) is 0.269. The quantitative estimate of drug-likeness (QED) is 0.401. The van der Waals surface area contributed by atoms with E-state index in [9.17, 15) is 19.7 Å². The van der Waals surface area contributed by atoms with E-state index in [-0.39, 0.29) is 22.9 Å². The van der Waals surface area contributed by atoms with Gasteiger partial charge in [0.2, 0.25) is 0 Å². The first-order chi connectivity index (χ1) is 16.8. The summed E-state index contributed by atoms with van der Waals surface area (Å²) >= 11 is 0. The molecule has 1 N–H and O–H groups in total. The van der Waals surface area contributed by atoms with Gasteiger partial charge in [-0.3, -0.25) is 19.7 Å². The van der Waals surface area contributed by atoms with Gasteiger partial charge in [0.15, 0.2) is 5.76 Å². The summed E-state index contributed by atoms with van der Waals surface area (Å²) in [5, 5.41) is 15.3. The Morgan fingerprint density at radius 3 is 2.63 bits per heavy atom. The van der Waals surface area contributed by atoms with Crippen molar-refractivity contribution in [2.75, 3.05) is 11.4 Å². The topological polar surface area (TPSA) is 118 Å². The maximum atomic E-state index is 13.4. The van der Waals surface area contributed by atoms with Gasteiger partial charge < -0.3 is 9.32 Å². The molecule has 0 radical (unpaired) electrons. The van der Waals surface area contributed by atoms with E-state index in [2.05, 4.69) is 10.5 Å². The first kappa shape index (κ1) is 23.9. The van der Waals surface area contributed by atoms with Crippen LogP contribution in [-0.2, 0) is 6.42 Å². The van der Waals surface area contributed by atoms with Crippen molar-refractivity contribution >= 4 is 28.9 Å². The number of nitro groups is 1. The van der Waals surface area contributed by atoms with Crippen LogP contribution in [0.3, 0.4) is 0 Å². The average molecular weight is 475 g/mol. The molecule has 1 heterocycles. The molecular weight excluding hydrogens is 448 g/mol. The molecule has 0 saturated carbocycles. The van der Waals surface area contributed by atoms with Crippen LogP contribution in [0.4, 0.5) is 11.4 Å². The number of nitrogens with zero attached hydrogens (tertiary/aromatic N) is 3. The highest BCUT2D eigenvalue weighted by molar-refractivity contribution is 6.10. The second-order valence-electron chi connectivity index (χ2n) is 8.40. The van der Waals surface area contributed by atoms with E-state index in [1.54, 1.807) is 4.90 Å². The smallest absolute Gasteiger partial charge is 0.294 e. The molecule has 0 fully saturated rings. The molecule has 0 atom stereocenters. The molecule has 4 rings (SSSR count). The third kappa shape index (κ3) is 4.84. The van der Waals surface area contributed by atoms with E-state index >= 15 is 0 Å². The van der Waals surface area contributed by atoms with Crippen molar-refractivity contribution in [1.82, 2.24) is 5.43 Å². The van der Waals surface area contributed by atoms with Crippen LogP contribution in [-0.4, -0.2) is 29.0 Å². The van der Waals surface area contributed by atoms with Crippen molar-refractivity contribution in [1.29, 1.82) is 0 Å². The van der Waals surface area contributed by atoms with Gasteiger partial charge in [0, 0.05) is 47.5 Å². The van der Waals surface area contributed by atoms with Gasteiger partial charge >= 0.3 is 0 Å². The van der Waals surface area contributed by atoms with Crippen molar-refractivity contribution in [3.63, 3.8) is 0 Å². The van der Waals surface area contributed by atoms with Gasteiger partial charge in [-0.1, -0.05) is 18.2 Å². The molecular formula is C26H26N4O5. The number of carbonyl (C=O) groups is 2. The summed E-state index contributed by atoms with van der Waals surface area (Å²) < 4.78 is 6.04. The molecule has 2 amide bonds. The average Bonchev–Trinajstić information content (AvgIpc) is 3.20. The zero-order chi connectivity index (χ0) is 25.1. The lowest BCUT2D eigenvalue weighted by molar-refractivity contribution is -0.384. The van der Waals surface area contributed by atoms with Gasteiger partial charge in [-0.25, -0.2) is 5.43 Å². The molecule has 9 nitrogen and oxygen atoms in total. The Morgan fingerprint density at radius 2 is 1.91 bits per heavy atom. The zero-order valence-corrected chi connectivity index (χ0v) is 19.8. The molecule has 0 bridgehead atoms. The van der Waals surface area contributed by atoms with Gasteiger partial charge in [0.1, 0.15) is 5.76 Å². The number of hydrogen-bond donors (Lipinski definition) is 1. The molecule has 35 heavy (non-hydrogen) atoms. The Labute approximate surface area is 202 Å². The second kappa shape index (κ2) is 9.92. The number of aryl methyl sites for hydroxylation is 2. The molecule has 2 aromatic carbocycles. The summed E-state index contributed by atoms with van der Waals surface area (Å²) in [7, 11) is 0. The maximum Gasteiger partial charge on any atom is 0.294 e. The number of hydrogen-bond acceptors (Lipinski definition) is 6. The summed E-state index contributed by atoms with van der Waals surface area (Å²) in [5.41, 5.74) is 6.34. The highest BCUT2D eigenvalue weighted by atomic mass is 16.6. The van der Waals surface area contributed by atoms with Crippen LogP contribution in [0.1, 0.15) is 63.1 Å². The number of carbonyl (C=O) groups excluding carboxylic acids is 2. The highest BCUT2D eigenvalue weighted by Crippen LogP contribution is 2.31. The van der Waals surface area contributed by atoms with Crippen molar-refractivity contribution in [3.8, 4) is 0 Å². The largest absolute Gasteiger partial charge is 0.455 e. The molecule has 3 aromatic rings. The van der Waals surface area contributed by atoms with Crippen LogP contribution in [0, 0.1) is 24.0 Å². The predicted molar refractivity (Wildman–Crippen MR) is 132 cm³/mol. The standard InChI is InChI=1S/C26H26N4O5/c1-4-29(19-10-5-8-16(2)14-19)26(32)24-17(3)23-21(12-7-13-22(23)35-24)27-28-25(31)18-9-6-11-20(15-18)30(33)34/h5-6,8-11,14-15H,4,7,12-13H2,1-3H3,(H,28,31)/b27-21+. The first-order valence-electron chi connectivity index (χ1n) is 11.4. The second-order valence-corrected chi connectivity index (χ2v) is 8.40. The number of nitro benzene ring substituents is 1. The molecule has 0 aliphatic heterocycles. The third-order valence-corrected chi connectivity index (χ3v) is 6.01. The van der Waals surface area contributed by atoms with Crippen LogP contribution in [0.25, 0.3) is 0 Å². The minimum atomic E-state index is -0.556. The molecule has 180 valence electrons. The van der Waals surface area contributed by atoms with Crippen LogP contribution in [0.5, 0.6) is 0 Å². The summed E-state index contributed by atoms with van der Waals surface area (Å²) in [4.78, 5) is 38.1. The molecule has 1 aliphatic carbocycles. The van der Waals surface area contributed by atoms with E-state index < -0.39 is 10.8 Å². The van der Waals surface area contributed by atoms with Crippen LogP contribution in [0.15, 0.2) is 58.0 Å². The molecule has 0 unspecified atom stereocenters. The Morgan fingerprint density at radius 1 is 1.14 bits per heavy atom. The maximum absolute atomic E-state index is 13.4. The van der Waals surface area contributed by atoms with Gasteiger partial charge in [-0.15, -0.1) is 0 Å². The number of non-ortho nitro benzene ring substituents is 1. The summed E-state index contributed by atoms with van der Waals surface area (Å²) in [6.07, 6.45) is 2.03. The van der Waals surface area contributed by atoms with Crippen molar-refractivity contribution < 1.29 is 18.9 Å². The van der Waals surface area contributed by atoms with Crippen molar-refractivity contribution in [2.45, 2.75) is 40.0 Å². The molecule has 0 spiro atoms. The summed E-state index contributed by atoms with van der Waals surface area (Å²) in [6.45, 7) is 6.19. The Balaban J connectivity index is 1.61. The van der Waals surface area contributed by atoms with Crippen molar-refractivity contribution in [2.24, 2.45) is 5.10 Å². The number of nitrogens with one attached hydrogen (secondary N) is 1. The number of hydrazone groups is 1. The lowest BCUT2D eigenvalue weighted by Crippen LogP contribution is -2.31. The van der Waals surface area contributed by atoms with E-state index in [0.29, 0.717) is 36.4 Å². The molecule has 0 saturated heterocycles. The first-order valence-corrected chi connectivity index (χ1v) is 11.4. The van der Waals surface area contributed by atoms with Crippen LogP contribution in [0.2, 0.25) is 0 Å². The fourth-order valence-corrected chi connectivity index (χ4v) is 4.29. The Kier molecular flexibility index (Phi) is 6.77. The van der Waals surface area contributed by atoms with Gasteiger partial charge in [0.05, 0.1) is 10.6 Å². The number of amides is 2. The number of rotatable bonds is 6. The highest BCUT2D eigenvalue weighted by Gasteiger charge is 2.30. The van der Waals surface area contributed by atoms with E-state index in [1.807, 2.05) is 45.0 Å². The van der Waals surface area contributed by atoms with Gasteiger partial charge in [0.25, 0.3) is 17.5 Å². The van der Waals surface area contributed by atoms with Crippen LogP contribution >= 0.6 is 0 Å². The monoisotopic (exact) mass is 474 g/mol. The summed E-state index contributed by atoms with van der Waals surface area (Å²) in [6, 6.07) is 13.2. The molecule has 1 aromatic heterocycles. The summed E-state index contributed by atoms with van der Waals surface area (Å²) in [5.74, 6) is 0.145. The normalized spacial score (nSPS) is 13.9.